The highest BCUT2D eigenvalue weighted by Gasteiger charge is 2.10. The average Bonchev–Trinajstić information content (AvgIpc) is 2.62. The van der Waals surface area contributed by atoms with Crippen molar-refractivity contribution >= 4 is 0 Å². The summed E-state index contributed by atoms with van der Waals surface area (Å²) in [6, 6.07) is 0.363. The van der Waals surface area contributed by atoms with E-state index in [1.807, 2.05) is 11.7 Å². The van der Waals surface area contributed by atoms with Crippen molar-refractivity contribution in [3.63, 3.8) is 0 Å². The van der Waals surface area contributed by atoms with E-state index in [1.54, 1.807) is 0 Å². The minimum absolute atomic E-state index is 0.318. The lowest BCUT2D eigenvalue weighted by Gasteiger charge is -2.12. The van der Waals surface area contributed by atoms with Gasteiger partial charge in [-0.3, -0.25) is 4.68 Å². The summed E-state index contributed by atoms with van der Waals surface area (Å²) in [7, 11) is 1.96. The van der Waals surface area contributed by atoms with Gasteiger partial charge in [0.2, 0.25) is 0 Å². The molecule has 0 saturated carbocycles. The molecule has 0 aliphatic carbocycles. The van der Waals surface area contributed by atoms with Crippen molar-refractivity contribution in [2.75, 3.05) is 13.2 Å². The first-order chi connectivity index (χ1) is 8.15. The number of nitrogens with zero attached hydrogens (tertiary/aromatic N) is 2. The number of nitrogens with one attached hydrogen (secondary N) is 1. The maximum Gasteiger partial charge on any atom is 0.0641 e. The van der Waals surface area contributed by atoms with Crippen molar-refractivity contribution in [1.82, 2.24) is 15.1 Å². The van der Waals surface area contributed by atoms with Crippen LogP contribution in [-0.2, 0) is 7.05 Å². The molecule has 0 amide bonds. The number of aromatic nitrogens is 2. The Morgan fingerprint density at radius 2 is 2.06 bits per heavy atom. The summed E-state index contributed by atoms with van der Waals surface area (Å²) in [5.74, 6) is 0. The minimum atomic E-state index is 0.318. The number of aliphatic hydroxyl groups is 1. The van der Waals surface area contributed by atoms with Crippen LogP contribution in [0.15, 0.2) is 6.20 Å². The summed E-state index contributed by atoms with van der Waals surface area (Å²) in [5, 5.41) is 16.5. The van der Waals surface area contributed by atoms with Crippen LogP contribution >= 0.6 is 0 Å². The number of unbranched alkanes of at least 4 members (excludes halogenated alkanes) is 3. The molecule has 0 spiro atoms. The number of rotatable bonds is 8. The molecule has 1 aromatic heterocycles. The van der Waals surface area contributed by atoms with Crippen molar-refractivity contribution in [3.05, 3.63) is 17.5 Å². The van der Waals surface area contributed by atoms with Gasteiger partial charge in [0.1, 0.15) is 0 Å². The van der Waals surface area contributed by atoms with Gasteiger partial charge in [-0.2, -0.15) is 5.10 Å². The maximum absolute atomic E-state index is 8.67. The van der Waals surface area contributed by atoms with Crippen LogP contribution in [0.5, 0.6) is 0 Å². The van der Waals surface area contributed by atoms with Crippen molar-refractivity contribution in [2.45, 2.75) is 45.6 Å². The van der Waals surface area contributed by atoms with E-state index in [1.165, 1.54) is 18.4 Å². The Hall–Kier alpha value is -0.870. The second kappa shape index (κ2) is 7.45. The zero-order valence-electron chi connectivity index (χ0n) is 11.2. The van der Waals surface area contributed by atoms with Gasteiger partial charge in [-0.25, -0.2) is 0 Å². The number of hydrogen-bond acceptors (Lipinski definition) is 3. The molecule has 1 heterocycles. The maximum atomic E-state index is 8.67. The van der Waals surface area contributed by atoms with E-state index in [-0.39, 0.29) is 0 Å². The van der Waals surface area contributed by atoms with Gasteiger partial charge in [-0.1, -0.05) is 12.8 Å². The van der Waals surface area contributed by atoms with Gasteiger partial charge in [-0.05, 0) is 33.2 Å². The van der Waals surface area contributed by atoms with Crippen molar-refractivity contribution < 1.29 is 5.11 Å². The molecule has 0 saturated heterocycles. The minimum Gasteiger partial charge on any atom is -0.396 e. The predicted molar refractivity (Wildman–Crippen MR) is 69.9 cm³/mol. The molecule has 2 N–H and O–H groups in total. The first-order valence-corrected chi connectivity index (χ1v) is 6.49. The lowest BCUT2D eigenvalue weighted by Crippen LogP contribution is -2.20. The molecule has 0 fully saturated rings. The highest BCUT2D eigenvalue weighted by molar-refractivity contribution is 5.19. The molecule has 0 aliphatic rings. The molecule has 17 heavy (non-hydrogen) atoms. The number of aryl methyl sites for hydroxylation is 2. The molecule has 0 aromatic carbocycles. The summed E-state index contributed by atoms with van der Waals surface area (Å²) in [6.07, 6.45) is 6.49. The number of hydrogen-bond donors (Lipinski definition) is 2. The topological polar surface area (TPSA) is 50.1 Å². The average molecular weight is 239 g/mol. The lowest BCUT2D eigenvalue weighted by atomic mass is 10.1. The fraction of sp³-hybridized carbons (Fsp3) is 0.769. The van der Waals surface area contributed by atoms with Gasteiger partial charge in [0, 0.05) is 31.5 Å². The summed E-state index contributed by atoms with van der Waals surface area (Å²) in [4.78, 5) is 0. The van der Waals surface area contributed by atoms with E-state index in [0.29, 0.717) is 12.6 Å². The van der Waals surface area contributed by atoms with Gasteiger partial charge in [0.15, 0.2) is 0 Å². The third kappa shape index (κ3) is 4.88. The monoisotopic (exact) mass is 239 g/mol. The van der Waals surface area contributed by atoms with Gasteiger partial charge in [-0.15, -0.1) is 0 Å². The second-order valence-electron chi connectivity index (χ2n) is 4.66. The largest absolute Gasteiger partial charge is 0.396 e. The Kier molecular flexibility index (Phi) is 6.22. The molecule has 1 rings (SSSR count). The van der Waals surface area contributed by atoms with Crippen LogP contribution < -0.4 is 5.32 Å². The van der Waals surface area contributed by atoms with Gasteiger partial charge in [0.25, 0.3) is 0 Å². The molecule has 98 valence electrons. The SMILES string of the molecule is Cc1nn(C)cc1C(C)NCCCCCCO. The first kappa shape index (κ1) is 14.2. The Morgan fingerprint density at radius 1 is 1.35 bits per heavy atom. The molecular weight excluding hydrogens is 214 g/mol. The normalized spacial score (nSPS) is 12.9. The van der Waals surface area contributed by atoms with Crippen LogP contribution in [0.25, 0.3) is 0 Å². The fourth-order valence-corrected chi connectivity index (χ4v) is 2.06. The van der Waals surface area contributed by atoms with Gasteiger partial charge >= 0.3 is 0 Å². The predicted octanol–water partition coefficient (Wildman–Crippen LogP) is 1.93. The van der Waals surface area contributed by atoms with E-state index < -0.39 is 0 Å². The molecule has 0 radical (unpaired) electrons. The Labute approximate surface area is 104 Å². The highest BCUT2D eigenvalue weighted by Crippen LogP contribution is 2.15. The zero-order valence-corrected chi connectivity index (χ0v) is 11.2. The molecule has 0 aliphatic heterocycles. The third-order valence-electron chi connectivity index (χ3n) is 3.05. The van der Waals surface area contributed by atoms with Crippen molar-refractivity contribution in [2.24, 2.45) is 7.05 Å². The van der Waals surface area contributed by atoms with E-state index in [0.717, 1.165) is 25.1 Å². The molecular formula is C13H25N3O. The summed E-state index contributed by atoms with van der Waals surface area (Å²) in [5.41, 5.74) is 2.38. The van der Waals surface area contributed by atoms with Crippen LogP contribution in [-0.4, -0.2) is 28.0 Å². The van der Waals surface area contributed by atoms with Gasteiger partial charge < -0.3 is 10.4 Å². The Balaban J connectivity index is 2.21. The summed E-state index contributed by atoms with van der Waals surface area (Å²) >= 11 is 0. The Bertz CT molecular complexity index is 322. The molecule has 1 unspecified atom stereocenters. The van der Waals surface area contributed by atoms with Crippen LogP contribution in [0.1, 0.15) is 49.9 Å². The smallest absolute Gasteiger partial charge is 0.0641 e. The second-order valence-corrected chi connectivity index (χ2v) is 4.66. The number of aliphatic hydroxyl groups excluding tert-OH is 1. The van der Waals surface area contributed by atoms with E-state index in [2.05, 4.69) is 30.5 Å². The van der Waals surface area contributed by atoms with Crippen LogP contribution in [0.3, 0.4) is 0 Å². The fourth-order valence-electron chi connectivity index (χ4n) is 2.06. The van der Waals surface area contributed by atoms with E-state index >= 15 is 0 Å². The van der Waals surface area contributed by atoms with Gasteiger partial charge in [0.05, 0.1) is 5.69 Å². The van der Waals surface area contributed by atoms with Crippen LogP contribution in [0.2, 0.25) is 0 Å². The van der Waals surface area contributed by atoms with Crippen molar-refractivity contribution in [1.29, 1.82) is 0 Å². The van der Waals surface area contributed by atoms with Crippen LogP contribution in [0, 0.1) is 6.92 Å². The van der Waals surface area contributed by atoms with Crippen molar-refractivity contribution in [3.8, 4) is 0 Å². The third-order valence-corrected chi connectivity index (χ3v) is 3.05. The quantitative estimate of drug-likeness (QED) is 0.682. The van der Waals surface area contributed by atoms with Crippen LogP contribution in [0.4, 0.5) is 0 Å². The lowest BCUT2D eigenvalue weighted by molar-refractivity contribution is 0.282. The molecule has 1 aromatic rings. The summed E-state index contributed by atoms with van der Waals surface area (Å²) in [6.45, 7) is 5.58. The van der Waals surface area contributed by atoms with E-state index in [4.69, 9.17) is 5.11 Å². The summed E-state index contributed by atoms with van der Waals surface area (Å²) < 4.78 is 1.87. The molecule has 4 heteroatoms. The molecule has 4 nitrogen and oxygen atoms in total. The zero-order chi connectivity index (χ0) is 12.7. The first-order valence-electron chi connectivity index (χ1n) is 6.49. The molecule has 0 bridgehead atoms. The Morgan fingerprint density at radius 3 is 2.65 bits per heavy atom. The highest BCUT2D eigenvalue weighted by atomic mass is 16.2. The molecule has 1 atom stereocenters. The standard InChI is InChI=1S/C13H25N3O/c1-11(13-10-16(3)15-12(13)2)14-8-6-4-5-7-9-17/h10-11,14,17H,4-9H2,1-3H3. The van der Waals surface area contributed by atoms with E-state index in [9.17, 15) is 0 Å².